The summed E-state index contributed by atoms with van der Waals surface area (Å²) in [5.41, 5.74) is 0.554. The van der Waals surface area contributed by atoms with Gasteiger partial charge >= 0.3 is 0 Å². The van der Waals surface area contributed by atoms with Gasteiger partial charge in [0.15, 0.2) is 0 Å². The topological polar surface area (TPSA) is 29.5 Å². The Bertz CT molecular complexity index is 741. The minimum atomic E-state index is -1.14. The molecule has 0 saturated heterocycles. The molecule has 0 aromatic heterocycles. The van der Waals surface area contributed by atoms with Crippen LogP contribution in [0, 0.1) is 0 Å². The second-order valence-corrected chi connectivity index (χ2v) is 5.85. The number of rotatable bonds is 7. The van der Waals surface area contributed by atoms with Gasteiger partial charge in [0.25, 0.3) is 0 Å². The van der Waals surface area contributed by atoms with Crippen LogP contribution in [0.3, 0.4) is 0 Å². The first-order valence-corrected chi connectivity index (χ1v) is 8.48. The fourth-order valence-corrected chi connectivity index (χ4v) is 2.76. The zero-order valence-corrected chi connectivity index (χ0v) is 14.1. The first kappa shape index (κ1) is 17.0. The van der Waals surface area contributed by atoms with E-state index in [9.17, 15) is 5.11 Å². The van der Waals surface area contributed by atoms with Crippen molar-refractivity contribution in [3.05, 3.63) is 114 Å². The third-order valence-corrected chi connectivity index (χ3v) is 4.08. The summed E-state index contributed by atoms with van der Waals surface area (Å²) in [5.74, 6) is 0.859. The van der Waals surface area contributed by atoms with Gasteiger partial charge in [0, 0.05) is 0 Å². The number of aliphatic hydroxyl groups is 1. The maximum Gasteiger partial charge on any atom is 0.133 e. The zero-order chi connectivity index (χ0) is 17.4. The van der Waals surface area contributed by atoms with Crippen LogP contribution in [0.1, 0.15) is 17.5 Å². The quantitative estimate of drug-likeness (QED) is 0.491. The molecule has 3 rings (SSSR count). The molecule has 0 fully saturated rings. The van der Waals surface area contributed by atoms with E-state index in [2.05, 4.69) is 0 Å². The number of hydrogen-bond donors (Lipinski definition) is 1. The normalized spacial score (nSPS) is 11.6. The molecule has 25 heavy (non-hydrogen) atoms. The summed E-state index contributed by atoms with van der Waals surface area (Å²) in [6.07, 6.45) is 4.55. The van der Waals surface area contributed by atoms with Crippen molar-refractivity contribution in [1.82, 2.24) is 0 Å². The lowest BCUT2D eigenvalue weighted by molar-refractivity contribution is 0.134. The maximum absolute atomic E-state index is 11.3. The van der Waals surface area contributed by atoms with Crippen LogP contribution in [0.25, 0.3) is 0 Å². The summed E-state index contributed by atoms with van der Waals surface area (Å²) >= 11 is 0. The molecule has 2 heteroatoms. The Morgan fingerprint density at radius 3 is 1.72 bits per heavy atom. The molecule has 3 aromatic rings. The van der Waals surface area contributed by atoms with E-state index in [4.69, 9.17) is 4.74 Å². The van der Waals surface area contributed by atoms with Gasteiger partial charge in [-0.2, -0.15) is 0 Å². The van der Waals surface area contributed by atoms with Crippen LogP contribution in [0.4, 0.5) is 0 Å². The van der Waals surface area contributed by atoms with Gasteiger partial charge in [-0.05, 0) is 35.8 Å². The second kappa shape index (κ2) is 8.32. The molecule has 126 valence electrons. The molecule has 0 aliphatic rings. The van der Waals surface area contributed by atoms with Crippen molar-refractivity contribution >= 4 is 0 Å². The minimum absolute atomic E-state index is 0.570. The van der Waals surface area contributed by atoms with Crippen LogP contribution in [0.15, 0.2) is 103 Å². The van der Waals surface area contributed by atoms with Crippen LogP contribution >= 0.6 is 0 Å². The second-order valence-electron chi connectivity index (χ2n) is 5.85. The van der Waals surface area contributed by atoms with Crippen LogP contribution in [0.5, 0.6) is 5.75 Å². The zero-order valence-electron chi connectivity index (χ0n) is 14.1. The van der Waals surface area contributed by atoms with E-state index in [1.165, 1.54) is 0 Å². The number of para-hydroxylation sites is 1. The summed E-state index contributed by atoms with van der Waals surface area (Å²) in [6, 6.07) is 29.2. The lowest BCUT2D eigenvalue weighted by Crippen LogP contribution is -2.24. The van der Waals surface area contributed by atoms with E-state index in [1.807, 2.05) is 103 Å². The van der Waals surface area contributed by atoms with Crippen LogP contribution < -0.4 is 4.74 Å². The van der Waals surface area contributed by atoms with Gasteiger partial charge in [-0.3, -0.25) is 0 Å². The molecule has 3 aromatic carbocycles. The monoisotopic (exact) mass is 330 g/mol. The van der Waals surface area contributed by atoms with Crippen molar-refractivity contribution in [3.8, 4) is 5.75 Å². The van der Waals surface area contributed by atoms with Gasteiger partial charge in [-0.25, -0.2) is 0 Å². The molecule has 0 bridgehead atoms. The van der Waals surface area contributed by atoms with Gasteiger partial charge < -0.3 is 9.84 Å². The van der Waals surface area contributed by atoms with Gasteiger partial charge in [0.1, 0.15) is 11.4 Å². The van der Waals surface area contributed by atoms with Crippen LogP contribution in [-0.4, -0.2) is 11.7 Å². The summed E-state index contributed by atoms with van der Waals surface area (Å²) in [4.78, 5) is 0. The summed E-state index contributed by atoms with van der Waals surface area (Å²) in [7, 11) is 0. The average molecular weight is 330 g/mol. The third-order valence-electron chi connectivity index (χ3n) is 4.08. The summed E-state index contributed by atoms with van der Waals surface area (Å²) < 4.78 is 5.70. The summed E-state index contributed by atoms with van der Waals surface area (Å²) in [6.45, 7) is 0.570. The Morgan fingerprint density at radius 1 is 0.720 bits per heavy atom. The van der Waals surface area contributed by atoms with E-state index >= 15 is 0 Å². The van der Waals surface area contributed by atoms with Crippen molar-refractivity contribution in [2.24, 2.45) is 0 Å². The maximum atomic E-state index is 11.3. The molecular formula is C23H22O2. The molecule has 0 atom stereocenters. The van der Waals surface area contributed by atoms with Gasteiger partial charge in [0.2, 0.25) is 0 Å². The van der Waals surface area contributed by atoms with E-state index in [0.29, 0.717) is 6.61 Å². The lowest BCUT2D eigenvalue weighted by atomic mass is 9.86. The fourth-order valence-electron chi connectivity index (χ4n) is 2.76. The third kappa shape index (κ3) is 4.37. The Kier molecular flexibility index (Phi) is 5.65. The molecule has 0 saturated carbocycles. The Morgan fingerprint density at radius 2 is 1.20 bits per heavy atom. The highest BCUT2D eigenvalue weighted by Crippen LogP contribution is 2.31. The molecule has 0 spiro atoms. The number of benzene rings is 3. The van der Waals surface area contributed by atoms with Gasteiger partial charge in [0.05, 0.1) is 6.61 Å². The molecule has 0 unspecified atom stereocenters. The molecule has 1 N–H and O–H groups in total. The first-order valence-electron chi connectivity index (χ1n) is 8.48. The molecule has 0 amide bonds. The molecule has 2 nitrogen and oxygen atoms in total. The van der Waals surface area contributed by atoms with Crippen molar-refractivity contribution in [2.45, 2.75) is 12.0 Å². The standard InChI is InChI=1S/C23H22O2/c24-23(20-12-4-1-5-13-20,21-14-6-2-7-15-21)18-10-11-19-25-22-16-8-3-9-17-22/h1-10,12-18,24H,11,19H2/b18-10+. The lowest BCUT2D eigenvalue weighted by Gasteiger charge is -2.26. The number of hydrogen-bond acceptors (Lipinski definition) is 2. The molecule has 0 aliphatic carbocycles. The largest absolute Gasteiger partial charge is 0.493 e. The van der Waals surface area contributed by atoms with E-state index in [-0.39, 0.29) is 0 Å². The SMILES string of the molecule is OC(/C=C/CCOc1ccccc1)(c1ccccc1)c1ccccc1. The highest BCUT2D eigenvalue weighted by molar-refractivity contribution is 5.40. The molecular weight excluding hydrogens is 308 g/mol. The Labute approximate surface area is 149 Å². The fraction of sp³-hybridized carbons (Fsp3) is 0.130. The van der Waals surface area contributed by atoms with Crippen molar-refractivity contribution in [2.75, 3.05) is 6.61 Å². The van der Waals surface area contributed by atoms with Gasteiger partial charge in [-0.1, -0.05) is 84.9 Å². The molecule has 0 aliphatic heterocycles. The van der Waals surface area contributed by atoms with Gasteiger partial charge in [-0.15, -0.1) is 0 Å². The van der Waals surface area contributed by atoms with Crippen LogP contribution in [-0.2, 0) is 5.60 Å². The Balaban J connectivity index is 1.72. The smallest absolute Gasteiger partial charge is 0.133 e. The minimum Gasteiger partial charge on any atom is -0.493 e. The first-order chi connectivity index (χ1) is 12.3. The Hall–Kier alpha value is -2.84. The average Bonchev–Trinajstić information content (AvgIpc) is 2.70. The van der Waals surface area contributed by atoms with E-state index in [1.54, 1.807) is 0 Å². The predicted octanol–water partition coefficient (Wildman–Crippen LogP) is 4.95. The van der Waals surface area contributed by atoms with Crippen molar-refractivity contribution in [3.63, 3.8) is 0 Å². The highest BCUT2D eigenvalue weighted by Gasteiger charge is 2.27. The highest BCUT2D eigenvalue weighted by atomic mass is 16.5. The number of ether oxygens (including phenoxy) is 1. The van der Waals surface area contributed by atoms with Crippen LogP contribution in [0.2, 0.25) is 0 Å². The molecule has 0 heterocycles. The summed E-state index contributed by atoms with van der Waals surface area (Å²) in [5, 5.41) is 11.3. The molecule has 0 radical (unpaired) electrons. The van der Waals surface area contributed by atoms with Crippen molar-refractivity contribution < 1.29 is 9.84 Å². The predicted molar refractivity (Wildman–Crippen MR) is 102 cm³/mol. The van der Waals surface area contributed by atoms with E-state index < -0.39 is 5.60 Å². The van der Waals surface area contributed by atoms with E-state index in [0.717, 1.165) is 23.3 Å². The van der Waals surface area contributed by atoms with Crippen molar-refractivity contribution in [1.29, 1.82) is 0 Å².